The zero-order chi connectivity index (χ0) is 33.2. The average molecular weight is 623 g/mol. The summed E-state index contributed by atoms with van der Waals surface area (Å²) in [5, 5.41) is 24.0. The molecule has 2 rings (SSSR count). The van der Waals surface area contributed by atoms with Crippen molar-refractivity contribution in [3.8, 4) is 0 Å². The normalized spacial score (nSPS) is 13.8. The topological polar surface area (TPSA) is 185 Å². The highest BCUT2D eigenvalue weighted by atomic mass is 16.4. The van der Waals surface area contributed by atoms with E-state index >= 15 is 0 Å². The van der Waals surface area contributed by atoms with Crippen LogP contribution in [0, 0.1) is 11.8 Å². The van der Waals surface area contributed by atoms with E-state index in [-0.39, 0.29) is 49.5 Å². The number of carbonyl (C=O) groups is 4. The molecule has 0 aliphatic heterocycles. The summed E-state index contributed by atoms with van der Waals surface area (Å²) in [7, 11) is -1.50. The molecule has 0 aliphatic carbocycles. The van der Waals surface area contributed by atoms with Crippen LogP contribution in [0.1, 0.15) is 69.9 Å². The molecule has 0 saturated heterocycles. The van der Waals surface area contributed by atoms with E-state index < -0.39 is 43.0 Å². The molecule has 0 aliphatic rings. The lowest BCUT2D eigenvalue weighted by molar-refractivity contribution is -0.134. The van der Waals surface area contributed by atoms with Gasteiger partial charge in [-0.2, -0.15) is 0 Å². The number of carbonyl (C=O) groups excluding carboxylic acids is 4. The Bertz CT molecular complexity index is 1180. The Labute approximate surface area is 267 Å². The molecule has 0 heterocycles. The first kappa shape index (κ1) is 37.8. The van der Waals surface area contributed by atoms with Gasteiger partial charge in [-0.3, -0.25) is 19.2 Å². The first-order chi connectivity index (χ1) is 21.5. The third-order valence-corrected chi connectivity index (χ3v) is 7.73. The van der Waals surface area contributed by atoms with Crippen molar-refractivity contribution in [1.29, 1.82) is 0 Å². The molecule has 2 amide bonds. The average Bonchev–Trinajstić information content (AvgIpc) is 3.00. The van der Waals surface area contributed by atoms with Crippen molar-refractivity contribution in [2.75, 3.05) is 6.54 Å². The fourth-order valence-corrected chi connectivity index (χ4v) is 5.30. The fourth-order valence-electron chi connectivity index (χ4n) is 5.30. The van der Waals surface area contributed by atoms with E-state index in [0.717, 1.165) is 11.1 Å². The van der Waals surface area contributed by atoms with Crippen LogP contribution in [0.4, 0.5) is 0 Å². The summed E-state index contributed by atoms with van der Waals surface area (Å²) in [5.74, 6) is -1.95. The predicted octanol–water partition coefficient (Wildman–Crippen LogP) is 2.34. The molecule has 10 nitrogen and oxygen atoms in total. The maximum Gasteiger partial charge on any atom is 0.451 e. The monoisotopic (exact) mass is 622 g/mol. The molecule has 2 aromatic carbocycles. The number of Topliss-reactive ketones (excluding diaryl/α,β-unsaturated/α-hetero) is 2. The first-order valence-corrected chi connectivity index (χ1v) is 16.1. The van der Waals surface area contributed by atoms with Gasteiger partial charge in [0, 0.05) is 18.8 Å². The number of unbranched alkanes of at least 4 members (excludes halogenated alkanes) is 1. The minimum Gasteiger partial charge on any atom is -0.427 e. The van der Waals surface area contributed by atoms with E-state index in [9.17, 15) is 19.2 Å². The van der Waals surface area contributed by atoms with Gasteiger partial charge in [0.2, 0.25) is 11.8 Å². The molecular weight excluding hydrogens is 571 g/mol. The molecule has 45 heavy (non-hydrogen) atoms. The third-order valence-electron chi connectivity index (χ3n) is 7.73. The van der Waals surface area contributed by atoms with Gasteiger partial charge in [-0.1, -0.05) is 74.5 Å². The van der Waals surface area contributed by atoms with E-state index in [4.69, 9.17) is 21.5 Å². The summed E-state index contributed by atoms with van der Waals surface area (Å²) in [4.78, 5) is 53.7. The number of ketones is 2. The van der Waals surface area contributed by atoms with E-state index in [2.05, 4.69) is 10.6 Å². The molecule has 0 radical (unpaired) electrons. The second-order valence-electron chi connectivity index (χ2n) is 12.2. The van der Waals surface area contributed by atoms with Gasteiger partial charge in [-0.15, -0.1) is 0 Å². The van der Waals surface area contributed by atoms with Gasteiger partial charge in [0.15, 0.2) is 11.6 Å². The van der Waals surface area contributed by atoms with Crippen molar-refractivity contribution in [2.45, 2.75) is 96.1 Å². The van der Waals surface area contributed by atoms with Crippen LogP contribution < -0.4 is 22.1 Å². The number of rotatable bonds is 22. The van der Waals surface area contributed by atoms with Crippen LogP contribution in [0.3, 0.4) is 0 Å². The number of benzene rings is 2. The number of nitrogens with two attached hydrogens (primary N) is 2. The van der Waals surface area contributed by atoms with E-state index in [1.165, 1.54) is 0 Å². The second-order valence-corrected chi connectivity index (χ2v) is 12.2. The summed E-state index contributed by atoms with van der Waals surface area (Å²) in [6, 6.07) is 16.2. The molecule has 0 fully saturated rings. The van der Waals surface area contributed by atoms with Gasteiger partial charge in [0.25, 0.3) is 0 Å². The number of nitrogens with one attached hydrogen (secondary N) is 2. The van der Waals surface area contributed by atoms with Crippen molar-refractivity contribution in [3.63, 3.8) is 0 Å². The summed E-state index contributed by atoms with van der Waals surface area (Å²) < 4.78 is 0. The summed E-state index contributed by atoms with van der Waals surface area (Å²) in [6.07, 6.45) is 3.02. The van der Waals surface area contributed by atoms with Crippen LogP contribution in [0.5, 0.6) is 0 Å². The molecule has 2 aromatic rings. The summed E-state index contributed by atoms with van der Waals surface area (Å²) in [5.41, 5.74) is 13.6. The standard InChI is InChI=1S/C34H51BN4O6/c1-24(2)20-27(33(42)38-29(16-9-10-19-36)31(40)17-11-18-35(44)45)23-32(41)30(22-26-14-7-4-8-15-26)39-34(43)28(37)21-25-12-5-3-6-13-25/h3-8,12-15,24,27-30,44-45H,9-11,16-23,36-37H2,1-2H3,(H,38,42)(H,39,43)/t27-,28+,29+,30+/m0/s1. The van der Waals surface area contributed by atoms with Gasteiger partial charge in [-0.25, -0.2) is 0 Å². The molecule has 246 valence electrons. The van der Waals surface area contributed by atoms with Crippen molar-refractivity contribution >= 4 is 30.5 Å². The van der Waals surface area contributed by atoms with Gasteiger partial charge in [0.05, 0.1) is 18.1 Å². The van der Waals surface area contributed by atoms with Crippen molar-refractivity contribution in [2.24, 2.45) is 23.3 Å². The molecule has 0 unspecified atom stereocenters. The number of hydrogen-bond donors (Lipinski definition) is 6. The predicted molar refractivity (Wildman–Crippen MR) is 177 cm³/mol. The minimum atomic E-state index is -1.50. The van der Waals surface area contributed by atoms with Crippen LogP contribution in [0.2, 0.25) is 6.32 Å². The van der Waals surface area contributed by atoms with Gasteiger partial charge < -0.3 is 32.1 Å². The number of amides is 2. The van der Waals surface area contributed by atoms with Crippen LogP contribution in [0.25, 0.3) is 0 Å². The van der Waals surface area contributed by atoms with Crippen LogP contribution >= 0.6 is 0 Å². The number of hydrogen-bond acceptors (Lipinski definition) is 8. The van der Waals surface area contributed by atoms with Gasteiger partial charge >= 0.3 is 7.12 Å². The quantitative estimate of drug-likeness (QED) is 0.0854. The maximum absolute atomic E-state index is 13.8. The van der Waals surface area contributed by atoms with Gasteiger partial charge in [0.1, 0.15) is 0 Å². The Hall–Kier alpha value is -3.38. The molecular formula is C34H51BN4O6. The van der Waals surface area contributed by atoms with Gasteiger partial charge in [-0.05, 0) is 74.9 Å². The molecule has 0 aromatic heterocycles. The first-order valence-electron chi connectivity index (χ1n) is 16.1. The van der Waals surface area contributed by atoms with Crippen molar-refractivity contribution in [1.82, 2.24) is 10.6 Å². The Morgan fingerprint density at radius 3 is 1.91 bits per heavy atom. The van der Waals surface area contributed by atoms with E-state index in [0.29, 0.717) is 38.6 Å². The zero-order valence-electron chi connectivity index (χ0n) is 26.7. The van der Waals surface area contributed by atoms with Crippen LogP contribution in [-0.4, -0.2) is 65.2 Å². The maximum atomic E-state index is 13.8. The van der Waals surface area contributed by atoms with E-state index in [1.54, 1.807) is 0 Å². The molecule has 8 N–H and O–H groups in total. The minimum absolute atomic E-state index is 0.0587. The smallest absolute Gasteiger partial charge is 0.427 e. The Balaban J connectivity index is 2.20. The SMILES string of the molecule is CC(C)C[C@@H](CC(=O)[C@@H](Cc1ccccc1)NC(=O)[C@H](N)Cc1ccccc1)C(=O)N[C@H](CCCCN)C(=O)CCCB(O)O. The largest absolute Gasteiger partial charge is 0.451 e. The Morgan fingerprint density at radius 1 is 0.778 bits per heavy atom. The zero-order valence-corrected chi connectivity index (χ0v) is 26.7. The lowest BCUT2D eigenvalue weighted by atomic mass is 9.83. The second kappa shape index (κ2) is 20.6. The highest BCUT2D eigenvalue weighted by molar-refractivity contribution is 6.40. The molecule has 0 spiro atoms. The molecule has 0 bridgehead atoms. The molecule has 0 saturated carbocycles. The lowest BCUT2D eigenvalue weighted by Crippen LogP contribution is -2.51. The molecule has 11 heteroatoms. The van der Waals surface area contributed by atoms with E-state index in [1.807, 2.05) is 74.5 Å². The summed E-state index contributed by atoms with van der Waals surface area (Å²) in [6.45, 7) is 4.38. The lowest BCUT2D eigenvalue weighted by Gasteiger charge is -2.25. The van der Waals surface area contributed by atoms with Crippen LogP contribution in [0.15, 0.2) is 60.7 Å². The highest BCUT2D eigenvalue weighted by Crippen LogP contribution is 2.20. The fraction of sp³-hybridized carbons (Fsp3) is 0.529. The highest BCUT2D eigenvalue weighted by Gasteiger charge is 2.31. The summed E-state index contributed by atoms with van der Waals surface area (Å²) >= 11 is 0. The van der Waals surface area contributed by atoms with Crippen LogP contribution in [-0.2, 0) is 32.0 Å². The van der Waals surface area contributed by atoms with Crippen molar-refractivity contribution in [3.05, 3.63) is 71.8 Å². The van der Waals surface area contributed by atoms with Crippen molar-refractivity contribution < 1.29 is 29.2 Å². The Morgan fingerprint density at radius 2 is 1.36 bits per heavy atom. The Kier molecular flexibility index (Phi) is 17.3. The third kappa shape index (κ3) is 15.0. The molecule has 4 atom stereocenters.